The molecule has 3 heteroatoms. The summed E-state index contributed by atoms with van der Waals surface area (Å²) in [5.41, 5.74) is 0.687. The van der Waals surface area contributed by atoms with Crippen LogP contribution in [0.4, 0.5) is 0 Å². The van der Waals surface area contributed by atoms with Crippen molar-refractivity contribution in [2.24, 2.45) is 5.92 Å². The zero-order valence-corrected chi connectivity index (χ0v) is 11.0. The van der Waals surface area contributed by atoms with E-state index in [4.69, 9.17) is 4.74 Å². The Morgan fingerprint density at radius 2 is 2.17 bits per heavy atom. The highest BCUT2D eigenvalue weighted by atomic mass is 16.5. The van der Waals surface area contributed by atoms with Crippen LogP contribution < -0.4 is 4.74 Å². The second-order valence-corrected chi connectivity index (χ2v) is 5.08. The van der Waals surface area contributed by atoms with Gasteiger partial charge in [0.2, 0.25) is 0 Å². The SMILES string of the molecule is C[C@@H]1CCCN(CCOc2ccc(C=O)cc2)C1. The Bertz CT molecular complexity index is 375. The van der Waals surface area contributed by atoms with Crippen LogP contribution >= 0.6 is 0 Å². The molecule has 2 rings (SSSR count). The molecular formula is C15H21NO2. The first kappa shape index (κ1) is 13.1. The van der Waals surface area contributed by atoms with Crippen LogP contribution in [0.15, 0.2) is 24.3 Å². The summed E-state index contributed by atoms with van der Waals surface area (Å²) < 4.78 is 5.69. The van der Waals surface area contributed by atoms with Gasteiger partial charge in [-0.25, -0.2) is 0 Å². The quantitative estimate of drug-likeness (QED) is 0.749. The molecule has 1 aliphatic heterocycles. The molecule has 0 bridgehead atoms. The second-order valence-electron chi connectivity index (χ2n) is 5.08. The van der Waals surface area contributed by atoms with Crippen LogP contribution in [0.5, 0.6) is 5.75 Å². The molecule has 0 saturated carbocycles. The van der Waals surface area contributed by atoms with E-state index in [9.17, 15) is 4.79 Å². The van der Waals surface area contributed by atoms with Crippen LogP contribution in [0.3, 0.4) is 0 Å². The monoisotopic (exact) mass is 247 g/mol. The van der Waals surface area contributed by atoms with E-state index < -0.39 is 0 Å². The molecule has 0 N–H and O–H groups in total. The standard InChI is InChI=1S/C15H21NO2/c1-13-3-2-8-16(11-13)9-10-18-15-6-4-14(12-17)5-7-15/h4-7,12-13H,2-3,8-11H2,1H3/t13-/m1/s1. The third-order valence-electron chi connectivity index (χ3n) is 3.43. The van der Waals surface area contributed by atoms with E-state index in [-0.39, 0.29) is 0 Å². The van der Waals surface area contributed by atoms with Crippen molar-refractivity contribution in [3.8, 4) is 5.75 Å². The molecule has 1 atom stereocenters. The fourth-order valence-electron chi connectivity index (χ4n) is 2.43. The summed E-state index contributed by atoms with van der Waals surface area (Å²) in [5, 5.41) is 0. The fourth-order valence-corrected chi connectivity index (χ4v) is 2.43. The number of piperidine rings is 1. The molecule has 18 heavy (non-hydrogen) atoms. The molecule has 1 aromatic rings. The van der Waals surface area contributed by atoms with Crippen LogP contribution in [-0.4, -0.2) is 37.4 Å². The van der Waals surface area contributed by atoms with E-state index in [1.807, 2.05) is 12.1 Å². The minimum Gasteiger partial charge on any atom is -0.492 e. The first-order valence-electron chi connectivity index (χ1n) is 6.68. The van der Waals surface area contributed by atoms with Gasteiger partial charge < -0.3 is 4.74 Å². The maximum atomic E-state index is 10.5. The van der Waals surface area contributed by atoms with Gasteiger partial charge in [-0.05, 0) is 49.6 Å². The molecule has 0 aromatic heterocycles. The van der Waals surface area contributed by atoms with Crippen molar-refractivity contribution in [2.45, 2.75) is 19.8 Å². The van der Waals surface area contributed by atoms with Gasteiger partial charge in [0.1, 0.15) is 18.6 Å². The van der Waals surface area contributed by atoms with E-state index in [2.05, 4.69) is 11.8 Å². The molecular weight excluding hydrogens is 226 g/mol. The minimum absolute atomic E-state index is 0.687. The Morgan fingerprint density at radius 1 is 1.39 bits per heavy atom. The summed E-state index contributed by atoms with van der Waals surface area (Å²) in [6.07, 6.45) is 3.50. The number of likely N-dealkylation sites (tertiary alicyclic amines) is 1. The second kappa shape index (κ2) is 6.55. The van der Waals surface area contributed by atoms with Crippen molar-refractivity contribution in [3.63, 3.8) is 0 Å². The van der Waals surface area contributed by atoms with Crippen molar-refractivity contribution < 1.29 is 9.53 Å². The molecule has 98 valence electrons. The van der Waals surface area contributed by atoms with Crippen LogP contribution in [0.1, 0.15) is 30.1 Å². The maximum absolute atomic E-state index is 10.5. The molecule has 1 aliphatic rings. The number of carbonyl (C=O) groups is 1. The van der Waals surface area contributed by atoms with Crippen molar-refractivity contribution in [1.29, 1.82) is 0 Å². The topological polar surface area (TPSA) is 29.5 Å². The van der Waals surface area contributed by atoms with E-state index >= 15 is 0 Å². The maximum Gasteiger partial charge on any atom is 0.150 e. The molecule has 3 nitrogen and oxygen atoms in total. The number of benzene rings is 1. The van der Waals surface area contributed by atoms with Crippen LogP contribution in [0.2, 0.25) is 0 Å². The summed E-state index contributed by atoms with van der Waals surface area (Å²) in [4.78, 5) is 13.0. The highest BCUT2D eigenvalue weighted by Gasteiger charge is 2.15. The molecule has 1 heterocycles. The summed E-state index contributed by atoms with van der Waals surface area (Å²) in [5.74, 6) is 1.65. The molecule has 0 spiro atoms. The molecule has 0 amide bonds. The lowest BCUT2D eigenvalue weighted by Crippen LogP contribution is -2.37. The van der Waals surface area contributed by atoms with Gasteiger partial charge in [0.25, 0.3) is 0 Å². The zero-order chi connectivity index (χ0) is 12.8. The Hall–Kier alpha value is -1.35. The Balaban J connectivity index is 1.72. The third kappa shape index (κ3) is 3.84. The van der Waals surface area contributed by atoms with Crippen molar-refractivity contribution in [1.82, 2.24) is 4.90 Å². The highest BCUT2D eigenvalue weighted by Crippen LogP contribution is 2.15. The van der Waals surface area contributed by atoms with Crippen LogP contribution in [-0.2, 0) is 0 Å². The van der Waals surface area contributed by atoms with Crippen LogP contribution in [0.25, 0.3) is 0 Å². The number of aldehydes is 1. The van der Waals surface area contributed by atoms with Gasteiger partial charge in [0.05, 0.1) is 0 Å². The average molecular weight is 247 g/mol. The Labute approximate surface area is 109 Å². The third-order valence-corrected chi connectivity index (χ3v) is 3.43. The zero-order valence-electron chi connectivity index (χ0n) is 11.0. The highest BCUT2D eigenvalue weighted by molar-refractivity contribution is 5.74. The number of ether oxygens (including phenoxy) is 1. The van der Waals surface area contributed by atoms with Gasteiger partial charge in [0, 0.05) is 18.7 Å². The van der Waals surface area contributed by atoms with Gasteiger partial charge in [-0.3, -0.25) is 9.69 Å². The molecule has 0 radical (unpaired) electrons. The minimum atomic E-state index is 0.687. The number of hydrogen-bond donors (Lipinski definition) is 0. The van der Waals surface area contributed by atoms with E-state index in [1.54, 1.807) is 12.1 Å². The Morgan fingerprint density at radius 3 is 2.83 bits per heavy atom. The predicted molar refractivity (Wildman–Crippen MR) is 72.2 cm³/mol. The summed E-state index contributed by atoms with van der Waals surface area (Å²) in [7, 11) is 0. The molecule has 0 unspecified atom stereocenters. The Kier molecular flexibility index (Phi) is 4.76. The summed E-state index contributed by atoms with van der Waals surface area (Å²) in [6.45, 7) is 6.39. The van der Waals surface area contributed by atoms with E-state index in [1.165, 1.54) is 25.9 Å². The normalized spacial score (nSPS) is 20.6. The number of nitrogens with zero attached hydrogens (tertiary/aromatic N) is 1. The summed E-state index contributed by atoms with van der Waals surface area (Å²) >= 11 is 0. The van der Waals surface area contributed by atoms with Gasteiger partial charge in [-0.1, -0.05) is 6.92 Å². The van der Waals surface area contributed by atoms with Crippen molar-refractivity contribution in [2.75, 3.05) is 26.2 Å². The predicted octanol–water partition coefficient (Wildman–Crippen LogP) is 2.61. The number of carbonyl (C=O) groups excluding carboxylic acids is 1. The van der Waals surface area contributed by atoms with E-state index in [0.717, 1.165) is 24.5 Å². The van der Waals surface area contributed by atoms with Gasteiger partial charge in [0.15, 0.2) is 0 Å². The lowest BCUT2D eigenvalue weighted by molar-refractivity contribution is 0.112. The fraction of sp³-hybridized carbons (Fsp3) is 0.533. The number of hydrogen-bond acceptors (Lipinski definition) is 3. The van der Waals surface area contributed by atoms with E-state index in [0.29, 0.717) is 12.2 Å². The number of rotatable bonds is 5. The molecule has 1 aromatic carbocycles. The lowest BCUT2D eigenvalue weighted by Gasteiger charge is -2.30. The van der Waals surface area contributed by atoms with Gasteiger partial charge >= 0.3 is 0 Å². The molecule has 1 saturated heterocycles. The summed E-state index contributed by atoms with van der Waals surface area (Å²) in [6, 6.07) is 7.27. The van der Waals surface area contributed by atoms with Crippen LogP contribution in [0, 0.1) is 5.92 Å². The molecule has 0 aliphatic carbocycles. The van der Waals surface area contributed by atoms with Gasteiger partial charge in [-0.15, -0.1) is 0 Å². The van der Waals surface area contributed by atoms with Gasteiger partial charge in [-0.2, -0.15) is 0 Å². The largest absolute Gasteiger partial charge is 0.492 e. The smallest absolute Gasteiger partial charge is 0.150 e. The first-order chi connectivity index (χ1) is 8.78. The average Bonchev–Trinajstić information content (AvgIpc) is 2.40. The molecule has 1 fully saturated rings. The lowest BCUT2D eigenvalue weighted by atomic mass is 10.0. The van der Waals surface area contributed by atoms with Crippen molar-refractivity contribution in [3.05, 3.63) is 29.8 Å². The van der Waals surface area contributed by atoms with Crippen molar-refractivity contribution >= 4 is 6.29 Å². The first-order valence-corrected chi connectivity index (χ1v) is 6.68.